The first kappa shape index (κ1) is 19.1. The molecule has 0 aromatic heterocycles. The molecule has 0 radical (unpaired) electrons. The van der Waals surface area contributed by atoms with Crippen molar-refractivity contribution in [3.05, 3.63) is 60.0 Å². The molecule has 5 heteroatoms. The van der Waals surface area contributed by atoms with Gasteiger partial charge in [-0.15, -0.1) is 0 Å². The van der Waals surface area contributed by atoms with Gasteiger partial charge >= 0.3 is 0 Å². The summed E-state index contributed by atoms with van der Waals surface area (Å²) in [5.41, 5.74) is 6.90. The maximum absolute atomic E-state index is 4.93. The van der Waals surface area contributed by atoms with Gasteiger partial charge in [-0.2, -0.15) is 5.10 Å². The third kappa shape index (κ3) is 6.27. The van der Waals surface area contributed by atoms with Gasteiger partial charge in [-0.05, 0) is 30.9 Å². The summed E-state index contributed by atoms with van der Waals surface area (Å²) in [7, 11) is 5.97. The largest absolute Gasteiger partial charge is 0.394 e. The molecule has 1 atom stereocenters. The second kappa shape index (κ2) is 9.89. The molecule has 1 aliphatic carbocycles. The Hall–Kier alpha value is -2.27. The number of nitrogens with one attached hydrogen (secondary N) is 2. The molecule has 25 heavy (non-hydrogen) atoms. The van der Waals surface area contributed by atoms with Crippen molar-refractivity contribution in [3.8, 4) is 0 Å². The fourth-order valence-corrected chi connectivity index (χ4v) is 2.90. The highest BCUT2D eigenvalue weighted by atomic mass is 15.5. The van der Waals surface area contributed by atoms with Crippen LogP contribution in [0.25, 0.3) is 0 Å². The van der Waals surface area contributed by atoms with Gasteiger partial charge < -0.3 is 10.3 Å². The summed E-state index contributed by atoms with van der Waals surface area (Å²) in [5.74, 6) is 0.257. The quantitative estimate of drug-likeness (QED) is 0.443. The summed E-state index contributed by atoms with van der Waals surface area (Å²) in [6, 6.07) is 0. The van der Waals surface area contributed by atoms with Gasteiger partial charge in [0.05, 0.1) is 12.3 Å². The molecule has 2 rings (SSSR count). The van der Waals surface area contributed by atoms with Crippen LogP contribution >= 0.6 is 0 Å². The Balaban J connectivity index is 2.16. The molecule has 5 nitrogen and oxygen atoms in total. The minimum absolute atomic E-state index is 0.257. The number of nitrogens with zero attached hydrogens (tertiary/aromatic N) is 3. The predicted octanol–water partition coefficient (Wildman–Crippen LogP) is 2.81. The van der Waals surface area contributed by atoms with Crippen molar-refractivity contribution in [2.75, 3.05) is 34.2 Å². The van der Waals surface area contributed by atoms with E-state index >= 15 is 0 Å². The Morgan fingerprint density at radius 3 is 2.92 bits per heavy atom. The van der Waals surface area contributed by atoms with Gasteiger partial charge in [0.25, 0.3) is 0 Å². The van der Waals surface area contributed by atoms with Gasteiger partial charge in [0.2, 0.25) is 0 Å². The van der Waals surface area contributed by atoms with E-state index in [4.69, 9.17) is 5.10 Å². The van der Waals surface area contributed by atoms with Gasteiger partial charge in [0.1, 0.15) is 0 Å². The molecule has 0 aromatic rings. The van der Waals surface area contributed by atoms with E-state index in [0.717, 1.165) is 37.2 Å². The number of likely N-dealkylation sites (N-methyl/N-ethyl adjacent to an activating group) is 1. The van der Waals surface area contributed by atoms with Crippen molar-refractivity contribution in [2.24, 2.45) is 11.0 Å². The van der Waals surface area contributed by atoms with Gasteiger partial charge in [0, 0.05) is 46.0 Å². The predicted molar refractivity (Wildman–Crippen MR) is 107 cm³/mol. The molecule has 1 aliphatic heterocycles. The van der Waals surface area contributed by atoms with Crippen molar-refractivity contribution >= 4 is 5.71 Å². The van der Waals surface area contributed by atoms with Crippen molar-refractivity contribution in [1.29, 1.82) is 0 Å². The van der Waals surface area contributed by atoms with E-state index < -0.39 is 0 Å². The summed E-state index contributed by atoms with van der Waals surface area (Å²) in [5, 5.41) is 12.1. The molecule has 2 N–H and O–H groups in total. The first-order chi connectivity index (χ1) is 12.1. The molecule has 0 aromatic carbocycles. The van der Waals surface area contributed by atoms with E-state index in [2.05, 4.69) is 60.3 Å². The average molecular weight is 342 g/mol. The Morgan fingerprint density at radius 2 is 2.20 bits per heavy atom. The highest BCUT2D eigenvalue weighted by Gasteiger charge is 2.19. The first-order valence-electron chi connectivity index (χ1n) is 8.89. The molecule has 0 spiro atoms. The average Bonchev–Trinajstić information content (AvgIpc) is 2.56. The highest BCUT2D eigenvalue weighted by Crippen LogP contribution is 2.15. The van der Waals surface area contributed by atoms with Gasteiger partial charge in [0.15, 0.2) is 0 Å². The van der Waals surface area contributed by atoms with E-state index in [1.165, 1.54) is 5.57 Å². The van der Waals surface area contributed by atoms with Crippen molar-refractivity contribution in [3.63, 3.8) is 0 Å². The van der Waals surface area contributed by atoms with Crippen LogP contribution in [0.15, 0.2) is 65.1 Å². The minimum Gasteiger partial charge on any atom is -0.394 e. The second-order valence-corrected chi connectivity index (χ2v) is 6.46. The van der Waals surface area contributed by atoms with Crippen molar-refractivity contribution < 1.29 is 0 Å². The normalized spacial score (nSPS) is 26.3. The molecule has 0 amide bonds. The zero-order valence-electron chi connectivity index (χ0n) is 15.9. The minimum atomic E-state index is 0.257. The topological polar surface area (TPSA) is 42.9 Å². The fourth-order valence-electron chi connectivity index (χ4n) is 2.90. The van der Waals surface area contributed by atoms with Crippen LogP contribution in [0.1, 0.15) is 19.8 Å². The number of hydrazone groups is 1. The van der Waals surface area contributed by atoms with E-state index in [-0.39, 0.29) is 5.92 Å². The molecule has 0 fully saturated rings. The summed E-state index contributed by atoms with van der Waals surface area (Å²) >= 11 is 0. The Labute approximate surface area is 152 Å². The molecule has 2 aliphatic rings. The summed E-state index contributed by atoms with van der Waals surface area (Å²) in [6.07, 6.45) is 19.4. The zero-order chi connectivity index (χ0) is 18.1. The van der Waals surface area contributed by atoms with Gasteiger partial charge in [-0.1, -0.05) is 36.5 Å². The van der Waals surface area contributed by atoms with E-state index in [1.807, 2.05) is 37.4 Å². The van der Waals surface area contributed by atoms with E-state index in [9.17, 15) is 0 Å². The Morgan fingerprint density at radius 1 is 1.40 bits per heavy atom. The zero-order valence-corrected chi connectivity index (χ0v) is 15.9. The number of hydrazine groups is 1. The third-order valence-electron chi connectivity index (χ3n) is 4.20. The number of hydrogen-bond donors (Lipinski definition) is 2. The SMILES string of the molecule is CN/C=C(C)/C(=N\N(C)CC1=C/C/C=C\C/C=C\1)C1C=CN(C)NC1. The number of allylic oxidation sites excluding steroid dienone is 5. The molecule has 0 saturated heterocycles. The Kier molecular flexibility index (Phi) is 7.54. The maximum atomic E-state index is 4.93. The lowest BCUT2D eigenvalue weighted by atomic mass is 9.97. The van der Waals surface area contributed by atoms with Crippen LogP contribution in [0, 0.1) is 5.92 Å². The summed E-state index contributed by atoms with van der Waals surface area (Å²) in [6.45, 7) is 3.77. The van der Waals surface area contributed by atoms with Crippen LogP contribution < -0.4 is 10.7 Å². The smallest absolute Gasteiger partial charge is 0.0731 e. The Bertz CT molecular complexity index is 610. The molecule has 1 unspecified atom stereocenters. The fraction of sp³-hybridized carbons (Fsp3) is 0.450. The van der Waals surface area contributed by atoms with E-state index in [1.54, 1.807) is 0 Å². The summed E-state index contributed by atoms with van der Waals surface area (Å²) in [4.78, 5) is 0. The number of rotatable bonds is 6. The lowest BCUT2D eigenvalue weighted by molar-refractivity contribution is 0.300. The maximum Gasteiger partial charge on any atom is 0.0731 e. The molecular formula is C20H31N5. The van der Waals surface area contributed by atoms with Crippen LogP contribution in [-0.4, -0.2) is 50.0 Å². The molecule has 1 heterocycles. The summed E-state index contributed by atoms with van der Waals surface area (Å²) < 4.78 is 0. The lowest BCUT2D eigenvalue weighted by Gasteiger charge is -2.28. The van der Waals surface area contributed by atoms with Crippen LogP contribution in [0.2, 0.25) is 0 Å². The van der Waals surface area contributed by atoms with Crippen LogP contribution in [0.4, 0.5) is 0 Å². The highest BCUT2D eigenvalue weighted by molar-refractivity contribution is 6.02. The lowest BCUT2D eigenvalue weighted by Crippen LogP contribution is -2.40. The molecular weight excluding hydrogens is 310 g/mol. The van der Waals surface area contributed by atoms with Crippen molar-refractivity contribution in [2.45, 2.75) is 19.8 Å². The van der Waals surface area contributed by atoms with Gasteiger partial charge in [-0.3, -0.25) is 5.01 Å². The molecule has 0 bridgehead atoms. The van der Waals surface area contributed by atoms with Crippen LogP contribution in [-0.2, 0) is 0 Å². The van der Waals surface area contributed by atoms with Crippen molar-refractivity contribution in [1.82, 2.24) is 20.8 Å². The number of hydrogen-bond acceptors (Lipinski definition) is 5. The van der Waals surface area contributed by atoms with Crippen LogP contribution in [0.3, 0.4) is 0 Å². The molecule has 136 valence electrons. The van der Waals surface area contributed by atoms with Gasteiger partial charge in [-0.25, -0.2) is 5.43 Å². The van der Waals surface area contributed by atoms with Crippen LogP contribution in [0.5, 0.6) is 0 Å². The van der Waals surface area contributed by atoms with E-state index in [0.29, 0.717) is 0 Å². The monoisotopic (exact) mass is 341 g/mol. The standard InChI is InChI=1S/C20H31N5/c1-17(14-21-2)20(19-12-13-24(3)22-15-19)23-25(4)16-18-10-8-6-5-7-9-11-18/h5-6,9-14,19,21-22H,7-8,15-16H2,1-4H3/b6-5-,11-9-,17-14+,18-10+,23-20+. The third-order valence-corrected chi connectivity index (χ3v) is 4.20. The second-order valence-electron chi connectivity index (χ2n) is 6.46. The first-order valence-corrected chi connectivity index (χ1v) is 8.89. The molecule has 0 saturated carbocycles.